The van der Waals surface area contributed by atoms with Crippen molar-refractivity contribution >= 4 is 34.4 Å². The molecule has 0 bridgehead atoms. The van der Waals surface area contributed by atoms with Gasteiger partial charge in [0.2, 0.25) is 0 Å². The molecule has 0 radical (unpaired) electrons. The molecule has 0 saturated carbocycles. The molecule has 20 heavy (non-hydrogen) atoms. The molecule has 0 N–H and O–H groups in total. The zero-order valence-electron chi connectivity index (χ0n) is 11.2. The van der Waals surface area contributed by atoms with Gasteiger partial charge in [0.05, 0.1) is 17.3 Å². The summed E-state index contributed by atoms with van der Waals surface area (Å²) in [6, 6.07) is 8.40. The molecule has 3 aromatic rings. The maximum Gasteiger partial charge on any atom is 0.162 e. The standard InChI is InChI=1S/C14H13ClN4S/c1-9-3-5-10(6-4-9)20-8-12-17-13(15)11-7-16-19(2)14(11)18-12/h3-7H,8H2,1-2H3. The van der Waals surface area contributed by atoms with Crippen molar-refractivity contribution in [1.29, 1.82) is 0 Å². The Morgan fingerprint density at radius 2 is 1.95 bits per heavy atom. The number of aryl methyl sites for hydroxylation is 2. The zero-order valence-corrected chi connectivity index (χ0v) is 12.7. The van der Waals surface area contributed by atoms with E-state index < -0.39 is 0 Å². The SMILES string of the molecule is Cc1ccc(SCc2nc(Cl)c3cnn(C)c3n2)cc1. The van der Waals surface area contributed by atoms with Crippen LogP contribution in [0.15, 0.2) is 35.4 Å². The molecule has 0 aliphatic rings. The van der Waals surface area contributed by atoms with Gasteiger partial charge in [0.1, 0.15) is 11.0 Å². The summed E-state index contributed by atoms with van der Waals surface area (Å²) in [4.78, 5) is 10.0. The van der Waals surface area contributed by atoms with E-state index >= 15 is 0 Å². The summed E-state index contributed by atoms with van der Waals surface area (Å²) < 4.78 is 1.71. The van der Waals surface area contributed by atoms with E-state index in [1.165, 1.54) is 10.5 Å². The fourth-order valence-corrected chi connectivity index (χ4v) is 2.86. The number of hydrogen-bond acceptors (Lipinski definition) is 4. The second-order valence-electron chi connectivity index (χ2n) is 4.54. The monoisotopic (exact) mass is 304 g/mol. The maximum atomic E-state index is 6.16. The smallest absolute Gasteiger partial charge is 0.162 e. The number of hydrogen-bond donors (Lipinski definition) is 0. The lowest BCUT2D eigenvalue weighted by Crippen LogP contribution is -1.98. The van der Waals surface area contributed by atoms with E-state index in [4.69, 9.17) is 11.6 Å². The Bertz CT molecular complexity index is 752. The summed E-state index contributed by atoms with van der Waals surface area (Å²) in [7, 11) is 1.85. The van der Waals surface area contributed by atoms with Gasteiger partial charge < -0.3 is 0 Å². The number of aromatic nitrogens is 4. The molecule has 0 unspecified atom stereocenters. The lowest BCUT2D eigenvalue weighted by Gasteiger charge is -2.03. The predicted molar refractivity (Wildman–Crippen MR) is 82.1 cm³/mol. The van der Waals surface area contributed by atoms with E-state index in [0.29, 0.717) is 10.9 Å². The van der Waals surface area contributed by atoms with Gasteiger partial charge in [-0.1, -0.05) is 29.3 Å². The van der Waals surface area contributed by atoms with Crippen molar-refractivity contribution in [2.24, 2.45) is 7.05 Å². The predicted octanol–water partition coefficient (Wildman–Crippen LogP) is 3.62. The van der Waals surface area contributed by atoms with Crippen molar-refractivity contribution < 1.29 is 0 Å². The molecule has 0 amide bonds. The molecule has 0 aliphatic heterocycles. The van der Waals surface area contributed by atoms with E-state index in [9.17, 15) is 0 Å². The Morgan fingerprint density at radius 1 is 1.20 bits per heavy atom. The van der Waals surface area contributed by atoms with Crippen LogP contribution in [0.4, 0.5) is 0 Å². The third-order valence-electron chi connectivity index (χ3n) is 2.98. The largest absolute Gasteiger partial charge is 0.250 e. The van der Waals surface area contributed by atoms with E-state index in [-0.39, 0.29) is 0 Å². The fourth-order valence-electron chi connectivity index (χ4n) is 1.88. The lowest BCUT2D eigenvalue weighted by molar-refractivity contribution is 0.782. The maximum absolute atomic E-state index is 6.16. The second-order valence-corrected chi connectivity index (χ2v) is 5.94. The first kappa shape index (κ1) is 13.4. The minimum absolute atomic E-state index is 0.461. The van der Waals surface area contributed by atoms with E-state index in [1.807, 2.05) is 7.05 Å². The molecule has 0 fully saturated rings. The Morgan fingerprint density at radius 3 is 2.70 bits per heavy atom. The van der Waals surface area contributed by atoms with Gasteiger partial charge >= 0.3 is 0 Å². The molecule has 6 heteroatoms. The van der Waals surface area contributed by atoms with Crippen molar-refractivity contribution in [3.8, 4) is 0 Å². The highest BCUT2D eigenvalue weighted by molar-refractivity contribution is 7.98. The third kappa shape index (κ3) is 2.64. The van der Waals surface area contributed by atoms with Gasteiger partial charge in [0.15, 0.2) is 5.65 Å². The molecule has 2 heterocycles. The van der Waals surface area contributed by atoms with Crippen LogP contribution in [0.1, 0.15) is 11.4 Å². The number of benzene rings is 1. The minimum atomic E-state index is 0.461. The highest BCUT2D eigenvalue weighted by atomic mass is 35.5. The minimum Gasteiger partial charge on any atom is -0.250 e. The van der Waals surface area contributed by atoms with E-state index in [1.54, 1.807) is 22.6 Å². The number of fused-ring (bicyclic) bond motifs is 1. The zero-order chi connectivity index (χ0) is 14.1. The Kier molecular flexibility index (Phi) is 3.63. The van der Waals surface area contributed by atoms with E-state index in [0.717, 1.165) is 16.9 Å². The van der Waals surface area contributed by atoms with Crippen LogP contribution < -0.4 is 0 Å². The molecule has 0 spiro atoms. The highest BCUT2D eigenvalue weighted by Crippen LogP contribution is 2.24. The van der Waals surface area contributed by atoms with Crippen LogP contribution in [-0.2, 0) is 12.8 Å². The first-order chi connectivity index (χ1) is 9.63. The van der Waals surface area contributed by atoms with Crippen molar-refractivity contribution in [2.75, 3.05) is 0 Å². The second kappa shape index (κ2) is 5.42. The summed E-state index contributed by atoms with van der Waals surface area (Å²) in [5.41, 5.74) is 2.02. The van der Waals surface area contributed by atoms with Crippen LogP contribution in [-0.4, -0.2) is 19.7 Å². The quantitative estimate of drug-likeness (QED) is 0.547. The summed E-state index contributed by atoms with van der Waals surface area (Å²) in [5, 5.41) is 5.40. The number of rotatable bonds is 3. The normalized spacial score (nSPS) is 11.2. The summed E-state index contributed by atoms with van der Waals surface area (Å²) in [6.07, 6.45) is 1.69. The molecular weight excluding hydrogens is 292 g/mol. The van der Waals surface area contributed by atoms with Gasteiger partial charge in [0, 0.05) is 11.9 Å². The summed E-state index contributed by atoms with van der Waals surface area (Å²) in [5.74, 6) is 1.40. The molecule has 0 aliphatic carbocycles. The fraction of sp³-hybridized carbons (Fsp3) is 0.214. The molecule has 102 valence electrons. The van der Waals surface area contributed by atoms with Crippen LogP contribution in [0.5, 0.6) is 0 Å². The van der Waals surface area contributed by atoms with Gasteiger partial charge in [-0.2, -0.15) is 5.10 Å². The summed E-state index contributed by atoms with van der Waals surface area (Å²) >= 11 is 7.86. The van der Waals surface area contributed by atoms with Crippen molar-refractivity contribution in [1.82, 2.24) is 19.7 Å². The van der Waals surface area contributed by atoms with Crippen LogP contribution in [0.3, 0.4) is 0 Å². The molecule has 2 aromatic heterocycles. The number of nitrogens with zero attached hydrogens (tertiary/aromatic N) is 4. The summed E-state index contributed by atoms with van der Waals surface area (Å²) in [6.45, 7) is 2.08. The van der Waals surface area contributed by atoms with Gasteiger partial charge in [-0.05, 0) is 19.1 Å². The Balaban J connectivity index is 1.83. The average Bonchev–Trinajstić information content (AvgIpc) is 2.81. The molecule has 3 rings (SSSR count). The van der Waals surface area contributed by atoms with Crippen LogP contribution >= 0.6 is 23.4 Å². The topological polar surface area (TPSA) is 43.6 Å². The number of thioether (sulfide) groups is 1. The van der Waals surface area contributed by atoms with Crippen LogP contribution in [0, 0.1) is 6.92 Å². The third-order valence-corrected chi connectivity index (χ3v) is 4.28. The average molecular weight is 305 g/mol. The van der Waals surface area contributed by atoms with Crippen molar-refractivity contribution in [3.05, 3.63) is 47.0 Å². The molecule has 1 aromatic carbocycles. The lowest BCUT2D eigenvalue weighted by atomic mass is 10.2. The van der Waals surface area contributed by atoms with Crippen molar-refractivity contribution in [2.45, 2.75) is 17.6 Å². The van der Waals surface area contributed by atoms with Gasteiger partial charge in [0.25, 0.3) is 0 Å². The highest BCUT2D eigenvalue weighted by Gasteiger charge is 2.10. The van der Waals surface area contributed by atoms with Crippen LogP contribution in [0.25, 0.3) is 11.0 Å². The molecule has 4 nitrogen and oxygen atoms in total. The number of halogens is 1. The Labute approximate surface area is 126 Å². The van der Waals surface area contributed by atoms with Crippen LogP contribution in [0.2, 0.25) is 5.15 Å². The van der Waals surface area contributed by atoms with Gasteiger partial charge in [-0.3, -0.25) is 4.68 Å². The Hall–Kier alpha value is -1.59. The first-order valence-corrected chi connectivity index (χ1v) is 7.53. The molecule has 0 atom stereocenters. The molecular formula is C14H13ClN4S. The van der Waals surface area contributed by atoms with Crippen molar-refractivity contribution in [3.63, 3.8) is 0 Å². The molecule has 0 saturated heterocycles. The van der Waals surface area contributed by atoms with Gasteiger partial charge in [-0.15, -0.1) is 11.8 Å². The van der Waals surface area contributed by atoms with Gasteiger partial charge in [-0.25, -0.2) is 9.97 Å². The van der Waals surface area contributed by atoms with E-state index in [2.05, 4.69) is 46.3 Å². The first-order valence-electron chi connectivity index (χ1n) is 6.17.